The van der Waals surface area contributed by atoms with Gasteiger partial charge in [0.25, 0.3) is 0 Å². The van der Waals surface area contributed by atoms with E-state index in [4.69, 9.17) is 5.73 Å². The molecule has 1 atom stereocenters. The highest BCUT2D eigenvalue weighted by Crippen LogP contribution is 2.23. The average Bonchev–Trinajstić information content (AvgIpc) is 2.75. The summed E-state index contributed by atoms with van der Waals surface area (Å²) in [5.41, 5.74) is 7.29. The normalized spacial score (nSPS) is 21.4. The van der Waals surface area contributed by atoms with E-state index in [-0.39, 0.29) is 0 Å². The molecule has 1 saturated heterocycles. The molecule has 3 rings (SSSR count). The molecule has 3 N–H and O–H groups in total. The number of pyridine rings is 1. The molecule has 1 unspecified atom stereocenters. The Morgan fingerprint density at radius 2 is 2.31 bits per heavy atom. The van der Waals surface area contributed by atoms with E-state index < -0.39 is 0 Å². The number of hydrogen-bond acceptors (Lipinski definition) is 4. The first-order valence-corrected chi connectivity index (χ1v) is 5.69. The zero-order chi connectivity index (χ0) is 11.0. The van der Waals surface area contributed by atoms with Gasteiger partial charge >= 0.3 is 0 Å². The van der Waals surface area contributed by atoms with Crippen LogP contribution in [0.4, 0.5) is 5.69 Å². The number of fused-ring (bicyclic) bond motifs is 1. The second-order valence-corrected chi connectivity index (χ2v) is 4.22. The number of nitrogens with one attached hydrogen (secondary N) is 1. The minimum Gasteiger partial charge on any atom is -0.396 e. The number of nitrogens with zero attached hydrogens (tertiary/aromatic N) is 3. The van der Waals surface area contributed by atoms with Gasteiger partial charge in [0, 0.05) is 6.20 Å². The summed E-state index contributed by atoms with van der Waals surface area (Å²) >= 11 is 0. The molecule has 0 aliphatic carbocycles. The van der Waals surface area contributed by atoms with E-state index >= 15 is 0 Å². The van der Waals surface area contributed by atoms with Crippen LogP contribution in [0.1, 0.15) is 31.1 Å². The maximum absolute atomic E-state index is 5.86. The Labute approximate surface area is 93.7 Å². The van der Waals surface area contributed by atoms with E-state index in [1.165, 1.54) is 12.8 Å². The lowest BCUT2D eigenvalue weighted by Crippen LogP contribution is -2.28. The van der Waals surface area contributed by atoms with Crippen LogP contribution in [0.25, 0.3) is 5.65 Å². The monoisotopic (exact) mass is 217 g/mol. The molecular formula is C11H15N5. The average molecular weight is 217 g/mol. The molecule has 0 bridgehead atoms. The molecular weight excluding hydrogens is 202 g/mol. The molecule has 0 spiro atoms. The molecule has 3 heterocycles. The fraction of sp³-hybridized carbons (Fsp3) is 0.455. The number of aromatic nitrogens is 3. The SMILES string of the molecule is Nc1cccn2c(C3CCCCN3)nnc12. The van der Waals surface area contributed by atoms with Crippen molar-refractivity contribution in [2.24, 2.45) is 0 Å². The van der Waals surface area contributed by atoms with Gasteiger partial charge in [-0.2, -0.15) is 0 Å². The first-order chi connectivity index (χ1) is 7.86. The van der Waals surface area contributed by atoms with Crippen molar-refractivity contribution >= 4 is 11.3 Å². The van der Waals surface area contributed by atoms with E-state index in [1.807, 2.05) is 22.7 Å². The summed E-state index contributed by atoms with van der Waals surface area (Å²) < 4.78 is 1.98. The Balaban J connectivity index is 2.06. The van der Waals surface area contributed by atoms with Gasteiger partial charge in [0.1, 0.15) is 0 Å². The predicted molar refractivity (Wildman–Crippen MR) is 62.0 cm³/mol. The molecule has 1 aliphatic rings. The molecule has 0 radical (unpaired) electrons. The Morgan fingerprint density at radius 1 is 1.38 bits per heavy atom. The van der Waals surface area contributed by atoms with Crippen LogP contribution in [0.2, 0.25) is 0 Å². The molecule has 84 valence electrons. The topological polar surface area (TPSA) is 68.2 Å². The fourth-order valence-corrected chi connectivity index (χ4v) is 2.26. The number of nitrogen functional groups attached to an aromatic ring is 1. The van der Waals surface area contributed by atoms with Gasteiger partial charge in [-0.05, 0) is 31.5 Å². The summed E-state index contributed by atoms with van der Waals surface area (Å²) in [6.45, 7) is 1.06. The molecule has 0 aromatic carbocycles. The lowest BCUT2D eigenvalue weighted by molar-refractivity contribution is 0.395. The Bertz CT molecular complexity index is 498. The summed E-state index contributed by atoms with van der Waals surface area (Å²) in [5.74, 6) is 0.974. The van der Waals surface area contributed by atoms with Crippen LogP contribution in [0.15, 0.2) is 18.3 Å². The van der Waals surface area contributed by atoms with Gasteiger partial charge in [0.15, 0.2) is 11.5 Å². The number of piperidine rings is 1. The molecule has 5 heteroatoms. The van der Waals surface area contributed by atoms with Gasteiger partial charge in [-0.25, -0.2) is 0 Å². The van der Waals surface area contributed by atoms with E-state index in [0.29, 0.717) is 11.7 Å². The van der Waals surface area contributed by atoms with Crippen LogP contribution in [0, 0.1) is 0 Å². The number of hydrogen-bond donors (Lipinski definition) is 2. The van der Waals surface area contributed by atoms with Gasteiger partial charge in [0.05, 0.1) is 11.7 Å². The van der Waals surface area contributed by atoms with Gasteiger partial charge in [-0.15, -0.1) is 10.2 Å². The van der Waals surface area contributed by atoms with E-state index in [0.717, 1.165) is 24.4 Å². The van der Waals surface area contributed by atoms with E-state index in [2.05, 4.69) is 15.5 Å². The maximum Gasteiger partial charge on any atom is 0.184 e. The van der Waals surface area contributed by atoms with Crippen molar-refractivity contribution in [3.05, 3.63) is 24.2 Å². The number of nitrogens with two attached hydrogens (primary N) is 1. The summed E-state index contributed by atoms with van der Waals surface area (Å²) in [4.78, 5) is 0. The highest BCUT2D eigenvalue weighted by atomic mass is 15.3. The second-order valence-electron chi connectivity index (χ2n) is 4.22. The fourth-order valence-electron chi connectivity index (χ4n) is 2.26. The van der Waals surface area contributed by atoms with Crippen molar-refractivity contribution < 1.29 is 0 Å². The second kappa shape index (κ2) is 3.75. The smallest absolute Gasteiger partial charge is 0.184 e. The number of anilines is 1. The molecule has 0 saturated carbocycles. The molecule has 1 fully saturated rings. The van der Waals surface area contributed by atoms with Crippen molar-refractivity contribution in [2.75, 3.05) is 12.3 Å². The van der Waals surface area contributed by atoms with Crippen molar-refractivity contribution in [3.8, 4) is 0 Å². The maximum atomic E-state index is 5.86. The van der Waals surface area contributed by atoms with Crippen LogP contribution in [0.5, 0.6) is 0 Å². The Kier molecular flexibility index (Phi) is 2.25. The van der Waals surface area contributed by atoms with Crippen LogP contribution < -0.4 is 11.1 Å². The van der Waals surface area contributed by atoms with Crippen molar-refractivity contribution in [1.29, 1.82) is 0 Å². The predicted octanol–water partition coefficient (Wildman–Crippen LogP) is 1.13. The third-order valence-corrected chi connectivity index (χ3v) is 3.11. The van der Waals surface area contributed by atoms with Crippen molar-refractivity contribution in [2.45, 2.75) is 25.3 Å². The van der Waals surface area contributed by atoms with Crippen LogP contribution >= 0.6 is 0 Å². The molecule has 1 aliphatic heterocycles. The van der Waals surface area contributed by atoms with Gasteiger partial charge < -0.3 is 11.1 Å². The van der Waals surface area contributed by atoms with Crippen LogP contribution in [0.3, 0.4) is 0 Å². The number of rotatable bonds is 1. The summed E-state index contributed by atoms with van der Waals surface area (Å²) in [6, 6.07) is 4.09. The summed E-state index contributed by atoms with van der Waals surface area (Å²) in [5, 5.41) is 11.9. The third-order valence-electron chi connectivity index (χ3n) is 3.11. The first kappa shape index (κ1) is 9.59. The highest BCUT2D eigenvalue weighted by Gasteiger charge is 2.20. The summed E-state index contributed by atoms with van der Waals surface area (Å²) in [6.07, 6.45) is 5.58. The highest BCUT2D eigenvalue weighted by molar-refractivity contribution is 5.63. The minimum atomic E-state index is 0.311. The van der Waals surface area contributed by atoms with E-state index in [9.17, 15) is 0 Å². The minimum absolute atomic E-state index is 0.311. The quantitative estimate of drug-likeness (QED) is 0.751. The van der Waals surface area contributed by atoms with Crippen LogP contribution in [-0.4, -0.2) is 21.1 Å². The first-order valence-electron chi connectivity index (χ1n) is 5.69. The molecule has 0 amide bonds. The van der Waals surface area contributed by atoms with Gasteiger partial charge in [-0.3, -0.25) is 4.40 Å². The lowest BCUT2D eigenvalue weighted by Gasteiger charge is -2.21. The van der Waals surface area contributed by atoms with E-state index in [1.54, 1.807) is 0 Å². The van der Waals surface area contributed by atoms with Crippen molar-refractivity contribution in [1.82, 2.24) is 19.9 Å². The van der Waals surface area contributed by atoms with Gasteiger partial charge in [-0.1, -0.05) is 6.42 Å². The van der Waals surface area contributed by atoms with Crippen LogP contribution in [-0.2, 0) is 0 Å². The Morgan fingerprint density at radius 3 is 3.12 bits per heavy atom. The van der Waals surface area contributed by atoms with Crippen molar-refractivity contribution in [3.63, 3.8) is 0 Å². The zero-order valence-electron chi connectivity index (χ0n) is 9.06. The third kappa shape index (κ3) is 1.44. The standard InChI is InChI=1S/C11H15N5/c12-8-4-3-7-16-10(8)14-15-11(16)9-5-1-2-6-13-9/h3-4,7,9,13H,1-2,5-6,12H2. The Hall–Kier alpha value is -1.62. The van der Waals surface area contributed by atoms with Gasteiger partial charge in [0.2, 0.25) is 0 Å². The largest absolute Gasteiger partial charge is 0.396 e. The molecule has 16 heavy (non-hydrogen) atoms. The zero-order valence-corrected chi connectivity index (χ0v) is 9.06. The summed E-state index contributed by atoms with van der Waals surface area (Å²) in [7, 11) is 0. The molecule has 5 nitrogen and oxygen atoms in total. The lowest BCUT2D eigenvalue weighted by atomic mass is 10.0. The molecule has 2 aromatic rings. The molecule has 2 aromatic heterocycles.